The summed E-state index contributed by atoms with van der Waals surface area (Å²) in [7, 11) is 2.92. The zero-order valence-corrected chi connectivity index (χ0v) is 14.6. The highest BCUT2D eigenvalue weighted by Crippen LogP contribution is 2.27. The summed E-state index contributed by atoms with van der Waals surface area (Å²) in [4.78, 5) is 36.4. The van der Waals surface area contributed by atoms with Crippen LogP contribution in [0.3, 0.4) is 0 Å². The van der Waals surface area contributed by atoms with Gasteiger partial charge in [0, 0.05) is 10.9 Å². The maximum Gasteiger partial charge on any atom is 0.349 e. The van der Waals surface area contributed by atoms with E-state index in [-0.39, 0.29) is 11.1 Å². The number of carbonyl (C=O) groups is 2. The Kier molecular flexibility index (Phi) is 5.07. The van der Waals surface area contributed by atoms with Gasteiger partial charge >= 0.3 is 5.63 Å². The number of hydrazine groups is 1. The molecule has 2 aromatic carbocycles. The van der Waals surface area contributed by atoms with Gasteiger partial charge in [0.05, 0.1) is 14.2 Å². The van der Waals surface area contributed by atoms with Crippen LogP contribution in [0.25, 0.3) is 11.0 Å². The third-order valence-corrected chi connectivity index (χ3v) is 3.82. The molecule has 2 amide bonds. The van der Waals surface area contributed by atoms with E-state index in [9.17, 15) is 14.4 Å². The number of benzene rings is 2. The molecule has 0 saturated carbocycles. The first-order valence-electron chi connectivity index (χ1n) is 7.89. The molecule has 0 spiro atoms. The fraction of sp³-hybridized carbons (Fsp3) is 0.105. The third kappa shape index (κ3) is 3.74. The number of fused-ring (bicyclic) bond motifs is 1. The Hall–Kier alpha value is -3.81. The average molecular weight is 368 g/mol. The van der Waals surface area contributed by atoms with Gasteiger partial charge in [0.2, 0.25) is 0 Å². The summed E-state index contributed by atoms with van der Waals surface area (Å²) in [5.74, 6) is -0.545. The Bertz CT molecular complexity index is 1070. The second-order valence-corrected chi connectivity index (χ2v) is 5.46. The van der Waals surface area contributed by atoms with Crippen molar-refractivity contribution >= 4 is 22.8 Å². The Morgan fingerprint density at radius 2 is 1.59 bits per heavy atom. The van der Waals surface area contributed by atoms with Gasteiger partial charge in [-0.05, 0) is 30.3 Å². The SMILES string of the molecule is COc1ccc(C(=O)NNC(=O)c2cc3ccccc3oc2=O)cc1OC. The highest BCUT2D eigenvalue weighted by Gasteiger charge is 2.16. The Balaban J connectivity index is 1.75. The van der Waals surface area contributed by atoms with E-state index >= 15 is 0 Å². The van der Waals surface area contributed by atoms with Crippen LogP contribution in [-0.2, 0) is 0 Å². The minimum absolute atomic E-state index is 0.221. The molecule has 0 bridgehead atoms. The topological polar surface area (TPSA) is 107 Å². The first-order valence-corrected chi connectivity index (χ1v) is 7.89. The van der Waals surface area contributed by atoms with Gasteiger partial charge in [0.25, 0.3) is 11.8 Å². The predicted molar refractivity (Wildman–Crippen MR) is 97.0 cm³/mol. The molecule has 8 heteroatoms. The summed E-state index contributed by atoms with van der Waals surface area (Å²) >= 11 is 0. The molecule has 3 aromatic rings. The number of hydrogen-bond acceptors (Lipinski definition) is 6. The summed E-state index contributed by atoms with van der Waals surface area (Å²) in [5.41, 5.74) is 4.03. The number of methoxy groups -OCH3 is 2. The number of nitrogens with one attached hydrogen (secondary N) is 2. The van der Waals surface area contributed by atoms with E-state index in [1.807, 2.05) is 0 Å². The number of para-hydroxylation sites is 1. The van der Waals surface area contributed by atoms with Crippen molar-refractivity contribution < 1.29 is 23.5 Å². The number of rotatable bonds is 4. The summed E-state index contributed by atoms with van der Waals surface area (Å²) in [5, 5.41) is 0.591. The summed E-state index contributed by atoms with van der Waals surface area (Å²) in [6.45, 7) is 0. The Morgan fingerprint density at radius 3 is 2.33 bits per heavy atom. The maximum absolute atomic E-state index is 12.2. The molecule has 138 valence electrons. The molecule has 0 aliphatic heterocycles. The van der Waals surface area contributed by atoms with Crippen LogP contribution in [0, 0.1) is 0 Å². The number of carbonyl (C=O) groups excluding carboxylic acids is 2. The quantitative estimate of drug-likeness (QED) is 0.538. The predicted octanol–water partition coefficient (Wildman–Crippen LogP) is 1.89. The maximum atomic E-state index is 12.2. The highest BCUT2D eigenvalue weighted by atomic mass is 16.5. The lowest BCUT2D eigenvalue weighted by Gasteiger charge is -2.10. The van der Waals surface area contributed by atoms with Crippen LogP contribution in [0.15, 0.2) is 57.7 Å². The minimum Gasteiger partial charge on any atom is -0.493 e. The molecule has 1 aromatic heterocycles. The van der Waals surface area contributed by atoms with Gasteiger partial charge in [-0.2, -0.15) is 0 Å². The minimum atomic E-state index is -0.799. The molecule has 0 unspecified atom stereocenters. The largest absolute Gasteiger partial charge is 0.493 e. The van der Waals surface area contributed by atoms with E-state index in [2.05, 4.69) is 10.9 Å². The second-order valence-electron chi connectivity index (χ2n) is 5.46. The smallest absolute Gasteiger partial charge is 0.349 e. The molecule has 1 heterocycles. The van der Waals surface area contributed by atoms with Gasteiger partial charge < -0.3 is 13.9 Å². The zero-order valence-electron chi connectivity index (χ0n) is 14.6. The molecule has 3 rings (SSSR count). The van der Waals surface area contributed by atoms with E-state index in [1.54, 1.807) is 30.3 Å². The fourth-order valence-corrected chi connectivity index (χ4v) is 2.45. The standard InChI is InChI=1S/C19H16N2O6/c1-25-15-8-7-12(10-16(15)26-2)17(22)20-21-18(23)13-9-11-5-3-4-6-14(11)27-19(13)24/h3-10H,1-2H3,(H,20,22)(H,21,23). The van der Waals surface area contributed by atoms with Crippen molar-refractivity contribution in [2.24, 2.45) is 0 Å². The Labute approximate surface area is 153 Å². The van der Waals surface area contributed by atoms with Crippen molar-refractivity contribution in [2.45, 2.75) is 0 Å². The molecule has 8 nitrogen and oxygen atoms in total. The molecule has 0 atom stereocenters. The van der Waals surface area contributed by atoms with Gasteiger partial charge in [-0.25, -0.2) is 4.79 Å². The molecular formula is C19H16N2O6. The van der Waals surface area contributed by atoms with Crippen LogP contribution in [0.5, 0.6) is 11.5 Å². The average Bonchev–Trinajstić information content (AvgIpc) is 2.70. The first kappa shape index (κ1) is 18.0. The second kappa shape index (κ2) is 7.61. The van der Waals surface area contributed by atoms with E-state index in [0.29, 0.717) is 22.5 Å². The molecule has 2 N–H and O–H groups in total. The molecule has 27 heavy (non-hydrogen) atoms. The van der Waals surface area contributed by atoms with Crippen LogP contribution in [-0.4, -0.2) is 26.0 Å². The first-order chi connectivity index (χ1) is 13.0. The van der Waals surface area contributed by atoms with Crippen LogP contribution >= 0.6 is 0 Å². The van der Waals surface area contributed by atoms with Crippen LogP contribution < -0.4 is 26.0 Å². The Morgan fingerprint density at radius 1 is 0.889 bits per heavy atom. The molecule has 0 saturated heterocycles. The monoisotopic (exact) mass is 368 g/mol. The normalized spacial score (nSPS) is 10.3. The summed E-state index contributed by atoms with van der Waals surface area (Å²) < 4.78 is 15.3. The van der Waals surface area contributed by atoms with Crippen LogP contribution in [0.1, 0.15) is 20.7 Å². The zero-order chi connectivity index (χ0) is 19.4. The molecule has 0 aliphatic carbocycles. The van der Waals surface area contributed by atoms with Crippen molar-refractivity contribution in [1.82, 2.24) is 10.9 Å². The lowest BCUT2D eigenvalue weighted by Crippen LogP contribution is -2.43. The van der Waals surface area contributed by atoms with Crippen molar-refractivity contribution in [3.05, 3.63) is 70.1 Å². The third-order valence-electron chi connectivity index (χ3n) is 3.82. The number of hydrogen-bond donors (Lipinski definition) is 2. The van der Waals surface area contributed by atoms with Gasteiger partial charge in [-0.1, -0.05) is 18.2 Å². The fourth-order valence-electron chi connectivity index (χ4n) is 2.45. The van der Waals surface area contributed by atoms with E-state index < -0.39 is 17.4 Å². The molecule has 0 fully saturated rings. The van der Waals surface area contributed by atoms with Gasteiger partial charge in [-0.3, -0.25) is 20.4 Å². The van der Waals surface area contributed by atoms with Crippen molar-refractivity contribution in [3.63, 3.8) is 0 Å². The molecule has 0 aliphatic rings. The van der Waals surface area contributed by atoms with Gasteiger partial charge in [-0.15, -0.1) is 0 Å². The summed E-state index contributed by atoms with van der Waals surface area (Å²) in [6.07, 6.45) is 0. The van der Waals surface area contributed by atoms with E-state index in [1.165, 1.54) is 32.4 Å². The summed E-state index contributed by atoms with van der Waals surface area (Å²) in [6, 6.07) is 12.7. The van der Waals surface area contributed by atoms with Gasteiger partial charge in [0.15, 0.2) is 11.5 Å². The highest BCUT2D eigenvalue weighted by molar-refractivity contribution is 6.00. The van der Waals surface area contributed by atoms with Gasteiger partial charge in [0.1, 0.15) is 11.1 Å². The lowest BCUT2D eigenvalue weighted by atomic mass is 10.2. The molecule has 0 radical (unpaired) electrons. The molecular weight excluding hydrogens is 352 g/mol. The number of ether oxygens (including phenoxy) is 2. The van der Waals surface area contributed by atoms with Crippen LogP contribution in [0.4, 0.5) is 0 Å². The lowest BCUT2D eigenvalue weighted by molar-refractivity contribution is 0.0844. The van der Waals surface area contributed by atoms with Crippen molar-refractivity contribution in [1.29, 1.82) is 0 Å². The van der Waals surface area contributed by atoms with E-state index in [0.717, 1.165) is 0 Å². The number of amides is 2. The van der Waals surface area contributed by atoms with Crippen molar-refractivity contribution in [3.8, 4) is 11.5 Å². The van der Waals surface area contributed by atoms with Crippen LogP contribution in [0.2, 0.25) is 0 Å². The van der Waals surface area contributed by atoms with E-state index in [4.69, 9.17) is 13.9 Å². The van der Waals surface area contributed by atoms with Crippen molar-refractivity contribution in [2.75, 3.05) is 14.2 Å².